The van der Waals surface area contributed by atoms with Gasteiger partial charge in [-0.15, -0.1) is 0 Å². The van der Waals surface area contributed by atoms with Gasteiger partial charge in [0.25, 0.3) is 0 Å². The molecule has 0 aliphatic rings. The molecule has 0 spiro atoms. The third-order valence-corrected chi connectivity index (χ3v) is 4.08. The summed E-state index contributed by atoms with van der Waals surface area (Å²) < 4.78 is 0.957. The largest absolute Gasteiger partial charge is 0.481 e. The van der Waals surface area contributed by atoms with Crippen molar-refractivity contribution in [2.45, 2.75) is 26.8 Å². The summed E-state index contributed by atoms with van der Waals surface area (Å²) in [7, 11) is 1.68. The lowest BCUT2D eigenvalue weighted by Gasteiger charge is -2.25. The molecule has 0 fully saturated rings. The Morgan fingerprint density at radius 2 is 2.10 bits per heavy atom. The Bertz CT molecular complexity index is 521. The van der Waals surface area contributed by atoms with E-state index in [0.29, 0.717) is 13.0 Å². The Kier molecular flexibility index (Phi) is 6.20. The van der Waals surface area contributed by atoms with Crippen molar-refractivity contribution in [1.82, 2.24) is 10.2 Å². The van der Waals surface area contributed by atoms with Crippen LogP contribution < -0.4 is 5.32 Å². The van der Waals surface area contributed by atoms with E-state index in [1.165, 1.54) is 4.90 Å². The summed E-state index contributed by atoms with van der Waals surface area (Å²) in [6.45, 7) is 4.00. The normalized spacial score (nSPS) is 13.3. The number of amides is 2. The highest BCUT2D eigenvalue weighted by Gasteiger charge is 2.31. The molecule has 1 atom stereocenters. The predicted octanol–water partition coefficient (Wildman–Crippen LogP) is 3.09. The van der Waals surface area contributed by atoms with Crippen molar-refractivity contribution in [2.75, 3.05) is 13.6 Å². The van der Waals surface area contributed by atoms with Crippen LogP contribution in [0, 0.1) is 5.41 Å². The van der Waals surface area contributed by atoms with Gasteiger partial charge in [0.2, 0.25) is 0 Å². The van der Waals surface area contributed by atoms with Gasteiger partial charge < -0.3 is 15.3 Å². The van der Waals surface area contributed by atoms with Gasteiger partial charge in [-0.2, -0.15) is 0 Å². The molecular formula is C15H21BrN2O3. The number of hydrogen-bond donors (Lipinski definition) is 2. The quantitative estimate of drug-likeness (QED) is 0.822. The van der Waals surface area contributed by atoms with Crippen molar-refractivity contribution in [3.8, 4) is 0 Å². The van der Waals surface area contributed by atoms with E-state index < -0.39 is 11.4 Å². The lowest BCUT2D eigenvalue weighted by Crippen LogP contribution is -2.45. The minimum Gasteiger partial charge on any atom is -0.481 e. The number of urea groups is 1. The molecule has 5 nitrogen and oxygen atoms in total. The van der Waals surface area contributed by atoms with Crippen LogP contribution in [-0.2, 0) is 11.3 Å². The first kappa shape index (κ1) is 17.5. The number of hydrogen-bond acceptors (Lipinski definition) is 2. The van der Waals surface area contributed by atoms with E-state index >= 15 is 0 Å². The summed E-state index contributed by atoms with van der Waals surface area (Å²) in [5, 5.41) is 11.9. The van der Waals surface area contributed by atoms with Crippen LogP contribution in [0.5, 0.6) is 0 Å². The summed E-state index contributed by atoms with van der Waals surface area (Å²) in [6.07, 6.45) is 0.456. The average molecular weight is 357 g/mol. The minimum atomic E-state index is -0.938. The molecule has 0 aromatic heterocycles. The molecule has 2 N–H and O–H groups in total. The predicted molar refractivity (Wildman–Crippen MR) is 85.0 cm³/mol. The Labute approximate surface area is 133 Å². The van der Waals surface area contributed by atoms with Crippen molar-refractivity contribution in [2.24, 2.45) is 5.41 Å². The summed E-state index contributed by atoms with van der Waals surface area (Å²) >= 11 is 3.39. The maximum Gasteiger partial charge on any atom is 0.317 e. The molecule has 6 heteroatoms. The molecule has 1 unspecified atom stereocenters. The second kappa shape index (κ2) is 7.45. The number of carboxylic acids is 1. The van der Waals surface area contributed by atoms with E-state index in [-0.39, 0.29) is 12.6 Å². The Morgan fingerprint density at radius 3 is 2.62 bits per heavy atom. The van der Waals surface area contributed by atoms with Gasteiger partial charge in [-0.1, -0.05) is 35.0 Å². The van der Waals surface area contributed by atoms with E-state index in [1.807, 2.05) is 24.3 Å². The molecule has 0 heterocycles. The van der Waals surface area contributed by atoms with Gasteiger partial charge in [-0.3, -0.25) is 4.79 Å². The van der Waals surface area contributed by atoms with Crippen molar-refractivity contribution in [3.63, 3.8) is 0 Å². The molecule has 116 valence electrons. The van der Waals surface area contributed by atoms with Crippen LogP contribution >= 0.6 is 15.9 Å². The maximum absolute atomic E-state index is 12.0. The highest BCUT2D eigenvalue weighted by Crippen LogP contribution is 2.20. The molecule has 0 radical (unpaired) electrons. The van der Waals surface area contributed by atoms with E-state index in [2.05, 4.69) is 21.2 Å². The smallest absolute Gasteiger partial charge is 0.317 e. The van der Waals surface area contributed by atoms with Crippen LogP contribution in [0.3, 0.4) is 0 Å². The summed E-state index contributed by atoms with van der Waals surface area (Å²) in [5.74, 6) is -0.903. The summed E-state index contributed by atoms with van der Waals surface area (Å²) in [5.41, 5.74) is 0.0604. The monoisotopic (exact) mass is 356 g/mol. The first-order valence-electron chi connectivity index (χ1n) is 6.75. The van der Waals surface area contributed by atoms with Gasteiger partial charge in [0.15, 0.2) is 0 Å². The van der Waals surface area contributed by atoms with Gasteiger partial charge in [0.05, 0.1) is 5.41 Å². The lowest BCUT2D eigenvalue weighted by molar-refractivity contribution is -0.147. The lowest BCUT2D eigenvalue weighted by atomic mass is 9.88. The Hall–Kier alpha value is -1.56. The zero-order valence-electron chi connectivity index (χ0n) is 12.5. The molecule has 0 saturated heterocycles. The van der Waals surface area contributed by atoms with Crippen molar-refractivity contribution >= 4 is 27.9 Å². The fourth-order valence-corrected chi connectivity index (χ4v) is 2.19. The third kappa shape index (κ3) is 5.04. The van der Waals surface area contributed by atoms with Crippen molar-refractivity contribution in [3.05, 3.63) is 34.3 Å². The average Bonchev–Trinajstić information content (AvgIpc) is 2.44. The highest BCUT2D eigenvalue weighted by molar-refractivity contribution is 9.10. The summed E-state index contributed by atoms with van der Waals surface area (Å²) in [4.78, 5) is 24.7. The standard InChI is InChI=1S/C15H21BrN2O3/c1-4-15(2,13(19)20)10-17-14(21)18(3)9-11-6-5-7-12(16)8-11/h5-8H,4,9-10H2,1-3H3,(H,17,21)(H,19,20). The van der Waals surface area contributed by atoms with Crippen LogP contribution in [0.4, 0.5) is 4.79 Å². The first-order chi connectivity index (χ1) is 9.78. The molecule has 0 aliphatic heterocycles. The molecule has 1 aromatic rings. The number of rotatable bonds is 6. The number of aliphatic carboxylic acids is 1. The SMILES string of the molecule is CCC(C)(CNC(=O)N(C)Cc1cccc(Br)c1)C(=O)O. The first-order valence-corrected chi connectivity index (χ1v) is 7.54. The Morgan fingerprint density at radius 1 is 1.43 bits per heavy atom. The van der Waals surface area contributed by atoms with Crippen LogP contribution in [0.25, 0.3) is 0 Å². The van der Waals surface area contributed by atoms with Crippen LogP contribution in [-0.4, -0.2) is 35.6 Å². The van der Waals surface area contributed by atoms with E-state index in [0.717, 1.165) is 10.0 Å². The van der Waals surface area contributed by atoms with E-state index in [9.17, 15) is 14.7 Å². The second-order valence-electron chi connectivity index (χ2n) is 5.36. The van der Waals surface area contributed by atoms with Gasteiger partial charge in [0, 0.05) is 24.6 Å². The number of benzene rings is 1. The molecule has 0 aliphatic carbocycles. The molecular weight excluding hydrogens is 336 g/mol. The molecule has 2 amide bonds. The number of halogens is 1. The number of nitrogens with one attached hydrogen (secondary N) is 1. The third-order valence-electron chi connectivity index (χ3n) is 3.58. The molecule has 0 saturated carbocycles. The van der Waals surface area contributed by atoms with Gasteiger partial charge in [-0.05, 0) is 31.0 Å². The van der Waals surface area contributed by atoms with Crippen LogP contribution in [0.15, 0.2) is 28.7 Å². The molecule has 0 bridgehead atoms. The van der Waals surface area contributed by atoms with Crippen LogP contribution in [0.1, 0.15) is 25.8 Å². The fourth-order valence-electron chi connectivity index (χ4n) is 1.74. The molecule has 1 aromatic carbocycles. The van der Waals surface area contributed by atoms with E-state index in [1.54, 1.807) is 20.9 Å². The maximum atomic E-state index is 12.0. The molecule has 1 rings (SSSR count). The number of nitrogens with zero attached hydrogens (tertiary/aromatic N) is 1. The Balaban J connectivity index is 2.57. The minimum absolute atomic E-state index is 0.112. The number of carbonyl (C=O) groups is 2. The van der Waals surface area contributed by atoms with Gasteiger partial charge >= 0.3 is 12.0 Å². The van der Waals surface area contributed by atoms with Crippen molar-refractivity contribution < 1.29 is 14.7 Å². The zero-order valence-corrected chi connectivity index (χ0v) is 14.1. The number of carboxylic acid groups (broad SMARTS) is 1. The fraction of sp³-hybridized carbons (Fsp3) is 0.467. The summed E-state index contributed by atoms with van der Waals surface area (Å²) in [6, 6.07) is 7.42. The van der Waals surface area contributed by atoms with Crippen LogP contribution in [0.2, 0.25) is 0 Å². The zero-order chi connectivity index (χ0) is 16.0. The molecule has 21 heavy (non-hydrogen) atoms. The van der Waals surface area contributed by atoms with Crippen molar-refractivity contribution in [1.29, 1.82) is 0 Å². The van der Waals surface area contributed by atoms with Gasteiger partial charge in [0.1, 0.15) is 0 Å². The number of carbonyl (C=O) groups excluding carboxylic acids is 1. The highest BCUT2D eigenvalue weighted by atomic mass is 79.9. The second-order valence-corrected chi connectivity index (χ2v) is 6.28. The topological polar surface area (TPSA) is 69.6 Å². The van der Waals surface area contributed by atoms with E-state index in [4.69, 9.17) is 0 Å². The van der Waals surface area contributed by atoms with Gasteiger partial charge in [-0.25, -0.2) is 4.79 Å².